The van der Waals surface area contributed by atoms with Crippen LogP contribution in [0, 0.1) is 5.41 Å². The van der Waals surface area contributed by atoms with Crippen LogP contribution in [0.2, 0.25) is 10.0 Å². The Bertz CT molecular complexity index is 1450. The van der Waals surface area contributed by atoms with Gasteiger partial charge in [-0.2, -0.15) is 0 Å². The molecule has 1 atom stereocenters. The first kappa shape index (κ1) is 32.1. The number of carbonyl (C=O) groups is 2. The highest BCUT2D eigenvalue weighted by atomic mass is 35.5. The van der Waals surface area contributed by atoms with Crippen molar-refractivity contribution >= 4 is 35.0 Å². The summed E-state index contributed by atoms with van der Waals surface area (Å²) in [6.45, 7) is 6.09. The number of halogens is 2. The zero-order chi connectivity index (χ0) is 31.3. The van der Waals surface area contributed by atoms with Crippen molar-refractivity contribution in [3.05, 3.63) is 106 Å². The molecule has 3 heterocycles. The third kappa shape index (κ3) is 7.26. The van der Waals surface area contributed by atoms with E-state index in [4.69, 9.17) is 23.2 Å². The lowest BCUT2D eigenvalue weighted by atomic mass is 9.70. The molecule has 0 bridgehead atoms. The molecule has 1 unspecified atom stereocenters. The van der Waals surface area contributed by atoms with Gasteiger partial charge in [-0.05, 0) is 113 Å². The van der Waals surface area contributed by atoms with E-state index in [1.54, 1.807) is 0 Å². The van der Waals surface area contributed by atoms with Gasteiger partial charge in [-0.3, -0.25) is 9.59 Å². The second-order valence-corrected chi connectivity index (χ2v) is 14.3. The van der Waals surface area contributed by atoms with Crippen LogP contribution in [0.4, 0.5) is 0 Å². The molecule has 2 amide bonds. The number of nitrogens with zero attached hydrogens (tertiary/aromatic N) is 3. The predicted molar refractivity (Wildman–Crippen MR) is 183 cm³/mol. The average Bonchev–Trinajstić information content (AvgIpc) is 3.62. The predicted octanol–water partition coefficient (Wildman–Crippen LogP) is 7.89. The van der Waals surface area contributed by atoms with E-state index >= 15 is 0 Å². The van der Waals surface area contributed by atoms with Gasteiger partial charge in [-0.15, -0.1) is 0 Å². The monoisotopic (exact) mass is 645 g/mol. The van der Waals surface area contributed by atoms with Crippen LogP contribution in [0.25, 0.3) is 0 Å². The van der Waals surface area contributed by atoms with E-state index in [1.807, 2.05) is 47.4 Å². The number of benzene rings is 3. The van der Waals surface area contributed by atoms with E-state index in [9.17, 15) is 9.59 Å². The maximum Gasteiger partial charge on any atom is 0.253 e. The molecule has 3 fully saturated rings. The fraction of sp³-hybridized carbons (Fsp3) is 0.474. The summed E-state index contributed by atoms with van der Waals surface area (Å²) in [5, 5.41) is 1.12. The largest absolute Gasteiger partial charge is 0.342 e. The first-order chi connectivity index (χ1) is 21.9. The van der Waals surface area contributed by atoms with Crippen LogP contribution in [0.1, 0.15) is 72.9 Å². The van der Waals surface area contributed by atoms with Gasteiger partial charge in [0.15, 0.2) is 0 Å². The van der Waals surface area contributed by atoms with Crippen molar-refractivity contribution in [2.75, 3.05) is 45.8 Å². The molecule has 6 rings (SSSR count). The van der Waals surface area contributed by atoms with E-state index in [0.717, 1.165) is 103 Å². The molecule has 0 radical (unpaired) electrons. The summed E-state index contributed by atoms with van der Waals surface area (Å²) in [6.07, 6.45) is 8.78. The Labute approximate surface area is 278 Å². The van der Waals surface area contributed by atoms with Gasteiger partial charge in [0.05, 0.1) is 15.5 Å². The third-order valence-corrected chi connectivity index (χ3v) is 11.3. The Kier molecular flexibility index (Phi) is 10.2. The summed E-state index contributed by atoms with van der Waals surface area (Å²) in [5.74, 6) is 0.459. The van der Waals surface area contributed by atoms with Gasteiger partial charge in [0.2, 0.25) is 5.91 Å². The number of rotatable bonds is 9. The molecule has 0 aliphatic carbocycles. The maximum atomic E-state index is 13.9. The highest BCUT2D eigenvalue weighted by Gasteiger charge is 2.44. The van der Waals surface area contributed by atoms with Crippen LogP contribution < -0.4 is 0 Å². The van der Waals surface area contributed by atoms with Crippen molar-refractivity contribution in [3.63, 3.8) is 0 Å². The molecule has 7 heteroatoms. The van der Waals surface area contributed by atoms with Gasteiger partial charge in [0.1, 0.15) is 0 Å². The smallest absolute Gasteiger partial charge is 0.253 e. The first-order valence-electron chi connectivity index (χ1n) is 16.7. The number of hydrogen-bond donors (Lipinski definition) is 0. The number of hydrogen-bond acceptors (Lipinski definition) is 3. The van der Waals surface area contributed by atoms with E-state index in [0.29, 0.717) is 22.5 Å². The SMILES string of the molecule is O=C(c1ccccc1)N1CCCC(CCCN2CCC(Cc3ccccc3)(C(=O)N3CCCC3)CC2)(c2ccc(Cl)c(Cl)c2)C1. The molecule has 45 heavy (non-hydrogen) atoms. The number of amides is 2. The van der Waals surface area contributed by atoms with Crippen LogP contribution in [0.5, 0.6) is 0 Å². The van der Waals surface area contributed by atoms with Crippen LogP contribution in [-0.4, -0.2) is 72.3 Å². The Hall–Kier alpha value is -2.86. The molecule has 3 aromatic rings. The van der Waals surface area contributed by atoms with Gasteiger partial charge in [0.25, 0.3) is 5.91 Å². The molecule has 3 aliphatic rings. The summed E-state index contributed by atoms with van der Waals surface area (Å²) < 4.78 is 0. The van der Waals surface area contributed by atoms with Crippen molar-refractivity contribution < 1.29 is 9.59 Å². The molecule has 3 aliphatic heterocycles. The van der Waals surface area contributed by atoms with Crippen molar-refractivity contribution in [2.45, 2.75) is 63.2 Å². The number of carbonyl (C=O) groups excluding carboxylic acids is 2. The van der Waals surface area contributed by atoms with Crippen molar-refractivity contribution in [1.82, 2.24) is 14.7 Å². The minimum atomic E-state index is -0.314. The average molecular weight is 647 g/mol. The lowest BCUT2D eigenvalue weighted by Gasteiger charge is -2.45. The highest BCUT2D eigenvalue weighted by molar-refractivity contribution is 6.42. The molecule has 0 saturated carbocycles. The van der Waals surface area contributed by atoms with E-state index in [-0.39, 0.29) is 16.7 Å². The standard InChI is InChI=1S/C38H45Cl2N3O2/c39-33-16-15-32(27-34(33)40)38(18-10-24-43(29-38)35(44)31-13-5-2-6-14-31)17-9-21-41-25-19-37(20-26-41,28-30-11-3-1-4-12-30)36(45)42-22-7-8-23-42/h1-6,11-16,27H,7-10,17-26,28-29H2. The molecular weight excluding hydrogens is 601 g/mol. The van der Waals surface area contributed by atoms with Gasteiger partial charge in [-0.1, -0.05) is 77.8 Å². The van der Waals surface area contributed by atoms with Gasteiger partial charge < -0.3 is 14.7 Å². The molecule has 0 spiro atoms. The molecule has 0 aromatic heterocycles. The summed E-state index contributed by atoms with van der Waals surface area (Å²) in [4.78, 5) is 34.2. The minimum Gasteiger partial charge on any atom is -0.342 e. The summed E-state index contributed by atoms with van der Waals surface area (Å²) in [5.41, 5.74) is 2.66. The molecule has 5 nitrogen and oxygen atoms in total. The van der Waals surface area contributed by atoms with Gasteiger partial charge >= 0.3 is 0 Å². The van der Waals surface area contributed by atoms with E-state index in [2.05, 4.69) is 46.2 Å². The third-order valence-electron chi connectivity index (χ3n) is 10.6. The van der Waals surface area contributed by atoms with Crippen LogP contribution in [0.15, 0.2) is 78.9 Å². The van der Waals surface area contributed by atoms with Crippen molar-refractivity contribution in [3.8, 4) is 0 Å². The first-order valence-corrected chi connectivity index (χ1v) is 17.5. The normalized spacial score (nSPS) is 22.0. The summed E-state index contributed by atoms with van der Waals surface area (Å²) >= 11 is 12.9. The zero-order valence-electron chi connectivity index (χ0n) is 26.2. The van der Waals surface area contributed by atoms with Crippen molar-refractivity contribution in [1.29, 1.82) is 0 Å². The summed E-state index contributed by atoms with van der Waals surface area (Å²) in [7, 11) is 0. The Morgan fingerprint density at radius 1 is 0.711 bits per heavy atom. The molecule has 0 N–H and O–H groups in total. The highest BCUT2D eigenvalue weighted by Crippen LogP contribution is 2.42. The number of likely N-dealkylation sites (tertiary alicyclic amines) is 3. The fourth-order valence-electron chi connectivity index (χ4n) is 8.03. The number of piperidine rings is 2. The van der Waals surface area contributed by atoms with Crippen LogP contribution in [0.3, 0.4) is 0 Å². The second-order valence-electron chi connectivity index (χ2n) is 13.5. The van der Waals surface area contributed by atoms with Crippen LogP contribution in [-0.2, 0) is 16.6 Å². The Balaban J connectivity index is 1.14. The molecule has 238 valence electrons. The Morgan fingerprint density at radius 3 is 2.07 bits per heavy atom. The van der Waals surface area contributed by atoms with E-state index in [1.165, 1.54) is 11.1 Å². The topological polar surface area (TPSA) is 43.9 Å². The maximum absolute atomic E-state index is 13.9. The minimum absolute atomic E-state index is 0.0909. The molecular formula is C38H45Cl2N3O2. The molecule has 3 saturated heterocycles. The van der Waals surface area contributed by atoms with Crippen LogP contribution >= 0.6 is 23.2 Å². The second kappa shape index (κ2) is 14.3. The zero-order valence-corrected chi connectivity index (χ0v) is 27.7. The van der Waals surface area contributed by atoms with Crippen molar-refractivity contribution in [2.24, 2.45) is 5.41 Å². The van der Waals surface area contributed by atoms with E-state index < -0.39 is 0 Å². The lowest BCUT2D eigenvalue weighted by molar-refractivity contribution is -0.144. The molecule has 3 aromatic carbocycles. The van der Waals surface area contributed by atoms with Gasteiger partial charge in [-0.25, -0.2) is 0 Å². The quantitative estimate of drug-likeness (QED) is 0.238. The lowest BCUT2D eigenvalue weighted by Crippen LogP contribution is -2.51. The Morgan fingerprint density at radius 2 is 1.38 bits per heavy atom. The summed E-state index contributed by atoms with van der Waals surface area (Å²) in [6, 6.07) is 26.2. The fourth-order valence-corrected chi connectivity index (χ4v) is 8.33. The van der Waals surface area contributed by atoms with Gasteiger partial charge in [0, 0.05) is 37.2 Å².